The van der Waals surface area contributed by atoms with Crippen molar-refractivity contribution in [3.05, 3.63) is 4.77 Å². The Kier molecular flexibility index (Phi) is 2.31. The number of nitrogens with one attached hydrogen (secondary N) is 1. The van der Waals surface area contributed by atoms with E-state index in [1.807, 2.05) is 0 Å². The summed E-state index contributed by atoms with van der Waals surface area (Å²) in [5.41, 5.74) is 0. The second-order valence-corrected chi connectivity index (χ2v) is 5.66. The molecule has 4 nitrogen and oxygen atoms in total. The summed E-state index contributed by atoms with van der Waals surface area (Å²) in [6.07, 6.45) is 3.75. The smallest absolute Gasteiger partial charge is 0.226 e. The monoisotopic (exact) mass is 238 g/mol. The van der Waals surface area contributed by atoms with Gasteiger partial charge in [0.25, 0.3) is 0 Å². The first-order valence-electron chi connectivity index (χ1n) is 6.10. The molecular weight excluding hydrogens is 220 g/mol. The summed E-state index contributed by atoms with van der Waals surface area (Å²) in [4.78, 5) is 2.40. The fourth-order valence-electron chi connectivity index (χ4n) is 2.74. The van der Waals surface area contributed by atoms with Gasteiger partial charge in [-0.25, -0.2) is 5.10 Å². The molecule has 1 aromatic rings. The lowest BCUT2D eigenvalue weighted by atomic mass is 10.1. The van der Waals surface area contributed by atoms with Gasteiger partial charge >= 0.3 is 0 Å². The first-order chi connectivity index (χ1) is 7.66. The van der Waals surface area contributed by atoms with E-state index in [0.29, 0.717) is 12.1 Å². The van der Waals surface area contributed by atoms with E-state index in [0.717, 1.165) is 23.2 Å². The summed E-state index contributed by atoms with van der Waals surface area (Å²) >= 11 is 5.31. The number of rotatable bonds is 2. The first-order valence-corrected chi connectivity index (χ1v) is 6.51. The van der Waals surface area contributed by atoms with Gasteiger partial charge in [-0.3, -0.25) is 4.57 Å². The Bertz CT molecular complexity index is 445. The topological polar surface area (TPSA) is 36.9 Å². The molecule has 1 aromatic heterocycles. The van der Waals surface area contributed by atoms with E-state index in [1.54, 1.807) is 0 Å². The van der Waals surface area contributed by atoms with Crippen LogP contribution in [0.3, 0.4) is 0 Å². The van der Waals surface area contributed by atoms with Gasteiger partial charge in [0, 0.05) is 18.6 Å². The van der Waals surface area contributed by atoms with E-state index in [9.17, 15) is 0 Å². The van der Waals surface area contributed by atoms with Crippen LogP contribution < -0.4 is 4.90 Å². The van der Waals surface area contributed by atoms with Crippen molar-refractivity contribution < 1.29 is 0 Å². The molecule has 1 saturated carbocycles. The third-order valence-electron chi connectivity index (χ3n) is 3.64. The minimum Gasteiger partial charge on any atom is -0.338 e. The van der Waals surface area contributed by atoms with Crippen LogP contribution in [0.5, 0.6) is 0 Å². The molecule has 2 heterocycles. The molecule has 0 bridgehead atoms. The zero-order valence-corrected chi connectivity index (χ0v) is 10.6. The maximum Gasteiger partial charge on any atom is 0.226 e. The van der Waals surface area contributed by atoms with Gasteiger partial charge in [0.1, 0.15) is 0 Å². The maximum absolute atomic E-state index is 5.31. The maximum atomic E-state index is 5.31. The molecule has 1 saturated heterocycles. The molecule has 2 aliphatic rings. The minimum absolute atomic E-state index is 0.581. The fourth-order valence-corrected chi connectivity index (χ4v) is 3.02. The number of nitrogens with zero attached hydrogens (tertiary/aromatic N) is 3. The van der Waals surface area contributed by atoms with E-state index in [4.69, 9.17) is 12.2 Å². The predicted molar refractivity (Wildman–Crippen MR) is 66.3 cm³/mol. The van der Waals surface area contributed by atoms with Crippen LogP contribution in [0, 0.1) is 10.7 Å². The summed E-state index contributed by atoms with van der Waals surface area (Å²) in [6.45, 7) is 5.69. The lowest BCUT2D eigenvalue weighted by Gasteiger charge is -2.22. The number of hydrogen-bond donors (Lipinski definition) is 1. The van der Waals surface area contributed by atoms with E-state index in [2.05, 4.69) is 33.5 Å². The van der Waals surface area contributed by atoms with Gasteiger partial charge in [0.2, 0.25) is 5.95 Å². The minimum atomic E-state index is 0.581. The fraction of sp³-hybridized carbons (Fsp3) is 0.818. The summed E-state index contributed by atoms with van der Waals surface area (Å²) in [6, 6.07) is 1.18. The summed E-state index contributed by atoms with van der Waals surface area (Å²) < 4.78 is 2.99. The number of hydrogen-bond acceptors (Lipinski definition) is 3. The third kappa shape index (κ3) is 1.57. The SMILES string of the molecule is CC1CC(C)N(c2n[nH]c(=S)n2C2CC2)C1. The lowest BCUT2D eigenvalue weighted by molar-refractivity contribution is 0.623. The summed E-state index contributed by atoms with van der Waals surface area (Å²) in [5, 5.41) is 7.36. The molecule has 0 amide bonds. The molecule has 16 heavy (non-hydrogen) atoms. The Hall–Kier alpha value is -0.840. The van der Waals surface area contributed by atoms with Gasteiger partial charge in [-0.05, 0) is 44.3 Å². The highest BCUT2D eigenvalue weighted by Crippen LogP contribution is 2.39. The van der Waals surface area contributed by atoms with Gasteiger partial charge in [-0.2, -0.15) is 0 Å². The second kappa shape index (κ2) is 3.58. The van der Waals surface area contributed by atoms with Gasteiger partial charge in [-0.1, -0.05) is 6.92 Å². The van der Waals surface area contributed by atoms with Crippen molar-refractivity contribution in [2.24, 2.45) is 5.92 Å². The van der Waals surface area contributed by atoms with Gasteiger partial charge < -0.3 is 4.90 Å². The molecule has 2 unspecified atom stereocenters. The number of aromatic nitrogens is 3. The van der Waals surface area contributed by atoms with Gasteiger partial charge in [0.15, 0.2) is 4.77 Å². The molecule has 5 heteroatoms. The molecule has 1 aliphatic carbocycles. The number of H-pyrrole nitrogens is 1. The van der Waals surface area contributed by atoms with E-state index < -0.39 is 0 Å². The third-order valence-corrected chi connectivity index (χ3v) is 3.93. The zero-order chi connectivity index (χ0) is 11.3. The quantitative estimate of drug-likeness (QED) is 0.804. The van der Waals surface area contributed by atoms with Crippen molar-refractivity contribution in [2.75, 3.05) is 11.4 Å². The Labute approximate surface area is 101 Å². The molecule has 88 valence electrons. The van der Waals surface area contributed by atoms with Crippen molar-refractivity contribution in [2.45, 2.75) is 45.2 Å². The molecule has 1 N–H and O–H groups in total. The van der Waals surface area contributed by atoms with Crippen molar-refractivity contribution in [1.82, 2.24) is 14.8 Å². The zero-order valence-electron chi connectivity index (χ0n) is 9.81. The molecule has 2 fully saturated rings. The van der Waals surface area contributed by atoms with Crippen LogP contribution in [0.2, 0.25) is 0 Å². The van der Waals surface area contributed by atoms with Crippen LogP contribution in [-0.2, 0) is 0 Å². The molecule has 3 rings (SSSR count). The molecule has 0 radical (unpaired) electrons. The van der Waals surface area contributed by atoms with E-state index >= 15 is 0 Å². The summed E-state index contributed by atoms with van der Waals surface area (Å²) in [5.74, 6) is 1.82. The summed E-state index contributed by atoms with van der Waals surface area (Å²) in [7, 11) is 0. The number of aromatic amines is 1. The largest absolute Gasteiger partial charge is 0.338 e. The molecule has 1 aliphatic heterocycles. The molecule has 0 spiro atoms. The Morgan fingerprint density at radius 2 is 2.12 bits per heavy atom. The standard InChI is InChI=1S/C11H18N4S/c1-7-5-8(2)14(6-7)10-12-13-11(16)15(10)9-3-4-9/h7-9H,3-6H2,1-2H3,(H,13,16). The Morgan fingerprint density at radius 3 is 2.69 bits per heavy atom. The van der Waals surface area contributed by atoms with Crippen molar-refractivity contribution in [1.29, 1.82) is 0 Å². The van der Waals surface area contributed by atoms with Crippen LogP contribution in [0.15, 0.2) is 0 Å². The molecule has 2 atom stereocenters. The van der Waals surface area contributed by atoms with E-state index in [1.165, 1.54) is 19.3 Å². The number of anilines is 1. The highest BCUT2D eigenvalue weighted by molar-refractivity contribution is 7.71. The molecule has 0 aromatic carbocycles. The highest BCUT2D eigenvalue weighted by Gasteiger charge is 2.34. The second-order valence-electron chi connectivity index (χ2n) is 5.27. The lowest BCUT2D eigenvalue weighted by Crippen LogP contribution is -2.29. The van der Waals surface area contributed by atoms with Gasteiger partial charge in [-0.15, -0.1) is 5.10 Å². The van der Waals surface area contributed by atoms with Gasteiger partial charge in [0.05, 0.1) is 0 Å². The van der Waals surface area contributed by atoms with Crippen molar-refractivity contribution >= 4 is 18.2 Å². The van der Waals surface area contributed by atoms with Crippen molar-refractivity contribution in [3.8, 4) is 0 Å². The highest BCUT2D eigenvalue weighted by atomic mass is 32.1. The molecular formula is C11H18N4S. The Balaban J connectivity index is 1.97. The normalized spacial score (nSPS) is 30.0. The van der Waals surface area contributed by atoms with Crippen LogP contribution in [-0.4, -0.2) is 27.4 Å². The predicted octanol–water partition coefficient (Wildman–Crippen LogP) is 2.51. The average molecular weight is 238 g/mol. The van der Waals surface area contributed by atoms with Crippen LogP contribution in [0.4, 0.5) is 5.95 Å². The van der Waals surface area contributed by atoms with Crippen LogP contribution >= 0.6 is 12.2 Å². The van der Waals surface area contributed by atoms with Crippen LogP contribution in [0.25, 0.3) is 0 Å². The van der Waals surface area contributed by atoms with Crippen LogP contribution in [0.1, 0.15) is 39.2 Å². The first kappa shape index (κ1) is 10.3. The van der Waals surface area contributed by atoms with E-state index in [-0.39, 0.29) is 0 Å². The van der Waals surface area contributed by atoms with Crippen molar-refractivity contribution in [3.63, 3.8) is 0 Å². The Morgan fingerprint density at radius 1 is 1.38 bits per heavy atom. The average Bonchev–Trinajstić information content (AvgIpc) is 2.91.